The maximum Gasteiger partial charge on any atom is 0.243 e. The quantitative estimate of drug-likeness (QED) is 0.893. The van der Waals surface area contributed by atoms with E-state index in [0.717, 1.165) is 12.1 Å². The Morgan fingerprint density at radius 3 is 2.39 bits per heavy atom. The molecular formula is C11H14F2N2O2S. The molecule has 4 nitrogen and oxygen atoms in total. The van der Waals surface area contributed by atoms with Crippen LogP contribution in [0.25, 0.3) is 0 Å². The summed E-state index contributed by atoms with van der Waals surface area (Å²) < 4.78 is 51.6. The van der Waals surface area contributed by atoms with Gasteiger partial charge in [-0.15, -0.1) is 0 Å². The van der Waals surface area contributed by atoms with Crippen LogP contribution in [0.2, 0.25) is 0 Å². The summed E-state index contributed by atoms with van der Waals surface area (Å²) in [4.78, 5) is -0.349. The van der Waals surface area contributed by atoms with Gasteiger partial charge in [0.1, 0.15) is 11.6 Å². The summed E-state index contributed by atoms with van der Waals surface area (Å²) in [6.07, 6.45) is 0.674. The van der Waals surface area contributed by atoms with E-state index in [0.29, 0.717) is 32.1 Å². The van der Waals surface area contributed by atoms with Gasteiger partial charge in [-0.1, -0.05) is 0 Å². The summed E-state index contributed by atoms with van der Waals surface area (Å²) in [7, 11) is -3.83. The summed E-state index contributed by atoms with van der Waals surface area (Å²) in [6, 6.07) is 2.30. The van der Waals surface area contributed by atoms with Crippen molar-refractivity contribution < 1.29 is 17.2 Å². The zero-order valence-corrected chi connectivity index (χ0v) is 10.5. The minimum Gasteiger partial charge on any atom is -0.330 e. The molecule has 0 amide bonds. The summed E-state index contributed by atoms with van der Waals surface area (Å²) in [5.74, 6) is -1.69. The van der Waals surface area contributed by atoms with Gasteiger partial charge in [-0.3, -0.25) is 0 Å². The first-order chi connectivity index (χ1) is 8.43. The second-order valence-electron chi connectivity index (χ2n) is 4.36. The number of benzene rings is 1. The summed E-state index contributed by atoms with van der Waals surface area (Å²) in [5, 5.41) is 0. The molecule has 1 aliphatic rings. The maximum absolute atomic E-state index is 13.0. The van der Waals surface area contributed by atoms with Gasteiger partial charge in [0.15, 0.2) is 0 Å². The van der Waals surface area contributed by atoms with E-state index in [-0.39, 0.29) is 10.8 Å². The van der Waals surface area contributed by atoms with E-state index in [1.807, 2.05) is 0 Å². The Balaban J connectivity index is 2.31. The van der Waals surface area contributed by atoms with Gasteiger partial charge in [-0.25, -0.2) is 17.2 Å². The van der Waals surface area contributed by atoms with Gasteiger partial charge in [-0.2, -0.15) is 4.31 Å². The molecule has 1 aliphatic heterocycles. The molecule has 0 spiro atoms. The van der Waals surface area contributed by atoms with Crippen LogP contribution in [0.4, 0.5) is 8.78 Å². The lowest BCUT2D eigenvalue weighted by Crippen LogP contribution is -2.30. The minimum absolute atomic E-state index is 0.109. The van der Waals surface area contributed by atoms with E-state index in [1.165, 1.54) is 4.31 Å². The minimum atomic E-state index is -3.83. The Hall–Kier alpha value is -1.05. The molecule has 1 atom stereocenters. The molecule has 1 aromatic carbocycles. The lowest BCUT2D eigenvalue weighted by molar-refractivity contribution is 0.457. The predicted molar refractivity (Wildman–Crippen MR) is 62.3 cm³/mol. The van der Waals surface area contributed by atoms with Gasteiger partial charge < -0.3 is 5.73 Å². The molecule has 0 saturated carbocycles. The van der Waals surface area contributed by atoms with Gasteiger partial charge >= 0.3 is 0 Å². The molecule has 18 heavy (non-hydrogen) atoms. The fraction of sp³-hybridized carbons (Fsp3) is 0.455. The monoisotopic (exact) mass is 276 g/mol. The zero-order chi connectivity index (χ0) is 13.3. The first-order valence-corrected chi connectivity index (χ1v) is 7.04. The molecule has 1 fully saturated rings. The topological polar surface area (TPSA) is 63.4 Å². The number of halogens is 2. The van der Waals surface area contributed by atoms with Gasteiger partial charge in [0, 0.05) is 19.2 Å². The zero-order valence-electron chi connectivity index (χ0n) is 9.64. The van der Waals surface area contributed by atoms with Crippen LogP contribution in [-0.4, -0.2) is 32.4 Å². The number of nitrogens with zero attached hydrogens (tertiary/aromatic N) is 1. The van der Waals surface area contributed by atoms with Crippen LogP contribution < -0.4 is 5.73 Å². The highest BCUT2D eigenvalue weighted by molar-refractivity contribution is 7.89. The third-order valence-electron chi connectivity index (χ3n) is 3.06. The van der Waals surface area contributed by atoms with Gasteiger partial charge in [-0.05, 0) is 31.0 Å². The summed E-state index contributed by atoms with van der Waals surface area (Å²) in [5.41, 5.74) is 5.48. The molecule has 1 aromatic rings. The van der Waals surface area contributed by atoms with E-state index in [9.17, 15) is 17.2 Å². The Morgan fingerprint density at radius 2 is 1.89 bits per heavy atom. The third kappa shape index (κ3) is 2.52. The Morgan fingerprint density at radius 1 is 1.28 bits per heavy atom. The largest absolute Gasteiger partial charge is 0.330 e. The van der Waals surface area contributed by atoms with Gasteiger partial charge in [0.05, 0.1) is 4.90 Å². The van der Waals surface area contributed by atoms with Crippen molar-refractivity contribution in [2.45, 2.75) is 11.3 Å². The first-order valence-electron chi connectivity index (χ1n) is 5.60. The van der Waals surface area contributed by atoms with Crippen LogP contribution in [0.15, 0.2) is 23.1 Å². The fourth-order valence-corrected chi connectivity index (χ4v) is 3.61. The van der Waals surface area contributed by atoms with Crippen molar-refractivity contribution in [2.24, 2.45) is 11.7 Å². The number of hydrogen-bond donors (Lipinski definition) is 1. The molecule has 1 heterocycles. The highest BCUT2D eigenvalue weighted by Gasteiger charge is 2.32. The van der Waals surface area contributed by atoms with E-state index in [1.54, 1.807) is 0 Å². The predicted octanol–water partition coefficient (Wildman–Crippen LogP) is 0.934. The van der Waals surface area contributed by atoms with E-state index < -0.39 is 21.7 Å². The molecule has 1 saturated heterocycles. The van der Waals surface area contributed by atoms with E-state index in [4.69, 9.17) is 5.73 Å². The Kier molecular flexibility index (Phi) is 3.65. The van der Waals surface area contributed by atoms with Gasteiger partial charge in [0.25, 0.3) is 0 Å². The lowest BCUT2D eigenvalue weighted by atomic mass is 10.1. The highest BCUT2D eigenvalue weighted by Crippen LogP contribution is 2.24. The molecule has 0 aliphatic carbocycles. The van der Waals surface area contributed by atoms with Crippen molar-refractivity contribution >= 4 is 10.0 Å². The average Bonchev–Trinajstić information content (AvgIpc) is 2.76. The molecule has 100 valence electrons. The molecule has 0 radical (unpaired) electrons. The number of nitrogens with two attached hydrogens (primary N) is 1. The normalized spacial score (nSPS) is 21.4. The second kappa shape index (κ2) is 4.91. The van der Waals surface area contributed by atoms with Crippen molar-refractivity contribution in [3.63, 3.8) is 0 Å². The van der Waals surface area contributed by atoms with Crippen molar-refractivity contribution in [2.75, 3.05) is 19.6 Å². The van der Waals surface area contributed by atoms with Crippen molar-refractivity contribution in [1.29, 1.82) is 0 Å². The van der Waals surface area contributed by atoms with Crippen LogP contribution in [0.3, 0.4) is 0 Å². The van der Waals surface area contributed by atoms with Crippen molar-refractivity contribution in [3.05, 3.63) is 29.8 Å². The second-order valence-corrected chi connectivity index (χ2v) is 6.30. The number of sulfonamides is 1. The van der Waals surface area contributed by atoms with Gasteiger partial charge in [0.2, 0.25) is 10.0 Å². The smallest absolute Gasteiger partial charge is 0.243 e. The molecule has 2 rings (SSSR count). The van der Waals surface area contributed by atoms with Crippen LogP contribution in [0.1, 0.15) is 6.42 Å². The van der Waals surface area contributed by atoms with E-state index >= 15 is 0 Å². The van der Waals surface area contributed by atoms with E-state index in [2.05, 4.69) is 0 Å². The van der Waals surface area contributed by atoms with Crippen LogP contribution >= 0.6 is 0 Å². The molecule has 0 unspecified atom stereocenters. The van der Waals surface area contributed by atoms with Crippen LogP contribution in [0.5, 0.6) is 0 Å². The summed E-state index contributed by atoms with van der Waals surface area (Å²) in [6.45, 7) is 1.04. The highest BCUT2D eigenvalue weighted by atomic mass is 32.2. The number of rotatable bonds is 3. The maximum atomic E-state index is 13.0. The fourth-order valence-electron chi connectivity index (χ4n) is 2.03. The molecule has 0 bridgehead atoms. The number of hydrogen-bond acceptors (Lipinski definition) is 3. The van der Waals surface area contributed by atoms with Crippen LogP contribution in [0, 0.1) is 17.6 Å². The third-order valence-corrected chi connectivity index (χ3v) is 4.90. The molecule has 7 heteroatoms. The molecule has 2 N–H and O–H groups in total. The Bertz CT molecular complexity index is 528. The van der Waals surface area contributed by atoms with Crippen LogP contribution in [-0.2, 0) is 10.0 Å². The van der Waals surface area contributed by atoms with Crippen molar-refractivity contribution in [1.82, 2.24) is 4.31 Å². The summed E-state index contributed by atoms with van der Waals surface area (Å²) >= 11 is 0. The standard InChI is InChI=1S/C11H14F2N2O2S/c12-9-3-10(13)5-11(4-9)18(16,17)15-2-1-8(6-14)7-15/h3-5,8H,1-2,6-7,14H2/t8-/m1/s1. The lowest BCUT2D eigenvalue weighted by Gasteiger charge is -2.16. The van der Waals surface area contributed by atoms with Crippen molar-refractivity contribution in [3.8, 4) is 0 Å². The molecule has 0 aromatic heterocycles. The first kappa shape index (κ1) is 13.4. The SMILES string of the molecule is NC[C@H]1CCN(S(=O)(=O)c2cc(F)cc(F)c2)C1. The Labute approximate surface area is 104 Å². The molecular weight excluding hydrogens is 262 g/mol. The average molecular weight is 276 g/mol.